The van der Waals surface area contributed by atoms with Gasteiger partial charge in [0.25, 0.3) is 10.0 Å². The second-order valence-corrected chi connectivity index (χ2v) is 5.82. The van der Waals surface area contributed by atoms with Gasteiger partial charge in [-0.1, -0.05) is 12.1 Å². The Morgan fingerprint density at radius 3 is 2.48 bits per heavy atom. The van der Waals surface area contributed by atoms with Crippen molar-refractivity contribution >= 4 is 21.9 Å². The number of sulfonamides is 1. The van der Waals surface area contributed by atoms with Crippen molar-refractivity contribution in [3.63, 3.8) is 0 Å². The van der Waals surface area contributed by atoms with E-state index in [9.17, 15) is 8.42 Å². The van der Waals surface area contributed by atoms with Gasteiger partial charge in [0.2, 0.25) is 0 Å². The second kappa shape index (κ2) is 6.27. The molecule has 0 unspecified atom stereocenters. The molecule has 21 heavy (non-hydrogen) atoms. The number of anilines is 1. The Kier molecular flexibility index (Phi) is 4.44. The van der Waals surface area contributed by atoms with Crippen LogP contribution in [0.15, 0.2) is 58.5 Å². The van der Waals surface area contributed by atoms with Gasteiger partial charge in [-0.05, 0) is 36.4 Å². The third-order valence-corrected chi connectivity index (χ3v) is 3.94. The molecule has 2 aromatic rings. The number of benzene rings is 2. The van der Waals surface area contributed by atoms with E-state index < -0.39 is 10.0 Å². The van der Waals surface area contributed by atoms with Gasteiger partial charge in [0.15, 0.2) is 0 Å². The SMILES string of the molecule is COc1ccccc1C=NNS(=O)(=O)c1ccc(N)cc1. The largest absolute Gasteiger partial charge is 0.496 e. The Morgan fingerprint density at radius 1 is 1.14 bits per heavy atom. The molecule has 0 atom stereocenters. The summed E-state index contributed by atoms with van der Waals surface area (Å²) in [6, 6.07) is 13.0. The van der Waals surface area contributed by atoms with Crippen LogP contribution in [0.3, 0.4) is 0 Å². The van der Waals surface area contributed by atoms with Gasteiger partial charge in [0.1, 0.15) is 5.75 Å². The molecule has 0 bridgehead atoms. The molecule has 0 aliphatic heterocycles. The number of nitrogens with one attached hydrogen (secondary N) is 1. The average Bonchev–Trinajstić information content (AvgIpc) is 2.48. The van der Waals surface area contributed by atoms with Gasteiger partial charge in [-0.15, -0.1) is 0 Å². The summed E-state index contributed by atoms with van der Waals surface area (Å²) in [7, 11) is -2.18. The molecule has 7 heteroatoms. The number of nitrogens with two attached hydrogens (primary N) is 1. The maximum atomic E-state index is 12.0. The Bertz CT molecular complexity index is 740. The molecule has 0 saturated carbocycles. The number of methoxy groups -OCH3 is 1. The van der Waals surface area contributed by atoms with Crippen molar-refractivity contribution in [2.45, 2.75) is 4.90 Å². The molecule has 2 aromatic carbocycles. The van der Waals surface area contributed by atoms with Gasteiger partial charge < -0.3 is 10.5 Å². The van der Waals surface area contributed by atoms with Crippen LogP contribution < -0.4 is 15.3 Å². The first-order valence-electron chi connectivity index (χ1n) is 6.06. The molecule has 0 radical (unpaired) electrons. The third-order valence-electron chi connectivity index (χ3n) is 2.71. The molecule has 0 saturated heterocycles. The number of hydrazone groups is 1. The summed E-state index contributed by atoms with van der Waals surface area (Å²) in [6.45, 7) is 0. The highest BCUT2D eigenvalue weighted by Crippen LogP contribution is 2.15. The first-order valence-corrected chi connectivity index (χ1v) is 7.54. The molecule has 0 fully saturated rings. The Labute approximate surface area is 123 Å². The molecule has 0 aliphatic carbocycles. The number of ether oxygens (including phenoxy) is 1. The van der Waals surface area contributed by atoms with Crippen molar-refractivity contribution in [2.75, 3.05) is 12.8 Å². The predicted octanol–water partition coefficient (Wildman–Crippen LogP) is 1.59. The number of nitrogens with zero attached hydrogens (tertiary/aromatic N) is 1. The molecule has 0 aliphatic rings. The summed E-state index contributed by atoms with van der Waals surface area (Å²) in [5, 5.41) is 3.75. The molecule has 0 heterocycles. The zero-order chi connectivity index (χ0) is 15.3. The van der Waals surface area contributed by atoms with E-state index in [1.807, 2.05) is 6.07 Å². The lowest BCUT2D eigenvalue weighted by Crippen LogP contribution is -2.18. The highest BCUT2D eigenvalue weighted by atomic mass is 32.2. The van der Waals surface area contributed by atoms with Gasteiger partial charge in [-0.25, -0.2) is 4.83 Å². The van der Waals surface area contributed by atoms with Crippen LogP contribution in [0.1, 0.15) is 5.56 Å². The lowest BCUT2D eigenvalue weighted by molar-refractivity contribution is 0.414. The van der Waals surface area contributed by atoms with Crippen molar-refractivity contribution in [3.05, 3.63) is 54.1 Å². The lowest BCUT2D eigenvalue weighted by atomic mass is 10.2. The van der Waals surface area contributed by atoms with Crippen LogP contribution in [-0.2, 0) is 10.0 Å². The number of nitrogen functional groups attached to an aromatic ring is 1. The van der Waals surface area contributed by atoms with Crippen LogP contribution in [0.25, 0.3) is 0 Å². The second-order valence-electron chi connectivity index (χ2n) is 4.16. The van der Waals surface area contributed by atoms with Crippen LogP contribution in [0.5, 0.6) is 5.75 Å². The molecule has 3 N–H and O–H groups in total. The summed E-state index contributed by atoms with van der Waals surface area (Å²) in [5.74, 6) is 0.605. The minimum absolute atomic E-state index is 0.0916. The fourth-order valence-corrected chi connectivity index (χ4v) is 2.43. The van der Waals surface area contributed by atoms with E-state index in [-0.39, 0.29) is 4.90 Å². The molecule has 0 amide bonds. The average molecular weight is 305 g/mol. The van der Waals surface area contributed by atoms with E-state index in [0.29, 0.717) is 17.0 Å². The smallest absolute Gasteiger partial charge is 0.276 e. The fraction of sp³-hybridized carbons (Fsp3) is 0.0714. The van der Waals surface area contributed by atoms with Crippen LogP contribution in [-0.4, -0.2) is 21.7 Å². The molecule has 6 nitrogen and oxygen atoms in total. The highest BCUT2D eigenvalue weighted by Gasteiger charge is 2.11. The monoisotopic (exact) mass is 305 g/mol. The summed E-state index contributed by atoms with van der Waals surface area (Å²) in [5.41, 5.74) is 6.68. The normalized spacial score (nSPS) is 11.5. The number of para-hydroxylation sites is 1. The first-order chi connectivity index (χ1) is 10.0. The molecular weight excluding hydrogens is 290 g/mol. The number of hydrogen-bond acceptors (Lipinski definition) is 5. The van der Waals surface area contributed by atoms with Gasteiger partial charge >= 0.3 is 0 Å². The summed E-state index contributed by atoms with van der Waals surface area (Å²) in [6.07, 6.45) is 1.38. The van der Waals surface area contributed by atoms with Crippen LogP contribution >= 0.6 is 0 Å². The van der Waals surface area contributed by atoms with Crippen molar-refractivity contribution in [1.82, 2.24) is 4.83 Å². The van der Waals surface area contributed by atoms with Crippen LogP contribution in [0.2, 0.25) is 0 Å². The van der Waals surface area contributed by atoms with E-state index in [1.54, 1.807) is 18.2 Å². The van der Waals surface area contributed by atoms with Gasteiger partial charge in [0, 0.05) is 11.3 Å². The summed E-state index contributed by atoms with van der Waals surface area (Å²) >= 11 is 0. The van der Waals surface area contributed by atoms with Crippen LogP contribution in [0, 0.1) is 0 Å². The maximum absolute atomic E-state index is 12.0. The van der Waals surface area contributed by atoms with Crippen molar-refractivity contribution in [3.8, 4) is 5.75 Å². The van der Waals surface area contributed by atoms with Crippen molar-refractivity contribution in [2.24, 2.45) is 5.10 Å². The standard InChI is InChI=1S/C14H15N3O3S/c1-20-14-5-3-2-4-11(14)10-16-17-21(18,19)13-8-6-12(15)7-9-13/h2-10,17H,15H2,1H3. The number of rotatable bonds is 5. The highest BCUT2D eigenvalue weighted by molar-refractivity contribution is 7.89. The van der Waals surface area contributed by atoms with E-state index in [0.717, 1.165) is 0 Å². The van der Waals surface area contributed by atoms with Crippen molar-refractivity contribution in [1.29, 1.82) is 0 Å². The van der Waals surface area contributed by atoms with E-state index in [2.05, 4.69) is 9.93 Å². The summed E-state index contributed by atoms with van der Waals surface area (Å²) in [4.78, 5) is 2.23. The minimum Gasteiger partial charge on any atom is -0.496 e. The zero-order valence-electron chi connectivity index (χ0n) is 11.4. The molecule has 2 rings (SSSR count). The minimum atomic E-state index is -3.71. The Hall–Kier alpha value is -2.54. The quantitative estimate of drug-likeness (QED) is 0.498. The van der Waals surface area contributed by atoms with Gasteiger partial charge in [-0.3, -0.25) is 0 Å². The zero-order valence-corrected chi connectivity index (χ0v) is 12.2. The maximum Gasteiger partial charge on any atom is 0.276 e. The van der Waals surface area contributed by atoms with Gasteiger partial charge in [-0.2, -0.15) is 13.5 Å². The van der Waals surface area contributed by atoms with E-state index >= 15 is 0 Å². The van der Waals surface area contributed by atoms with E-state index in [4.69, 9.17) is 10.5 Å². The molecular formula is C14H15N3O3S. The molecule has 110 valence electrons. The van der Waals surface area contributed by atoms with E-state index in [1.165, 1.54) is 37.6 Å². The Balaban J connectivity index is 2.14. The van der Waals surface area contributed by atoms with Crippen molar-refractivity contribution < 1.29 is 13.2 Å². The molecule has 0 aromatic heterocycles. The van der Waals surface area contributed by atoms with Gasteiger partial charge in [0.05, 0.1) is 18.2 Å². The first kappa shape index (κ1) is 14.9. The topological polar surface area (TPSA) is 93.8 Å². The molecule has 0 spiro atoms. The summed E-state index contributed by atoms with van der Waals surface area (Å²) < 4.78 is 29.1. The fourth-order valence-electron chi connectivity index (χ4n) is 1.64. The lowest BCUT2D eigenvalue weighted by Gasteiger charge is -2.05. The Morgan fingerprint density at radius 2 is 1.81 bits per heavy atom. The van der Waals surface area contributed by atoms with Crippen LogP contribution in [0.4, 0.5) is 5.69 Å². The predicted molar refractivity (Wildman–Crippen MR) is 81.8 cm³/mol. The third kappa shape index (κ3) is 3.73. The number of hydrogen-bond donors (Lipinski definition) is 2.